The number of hydrogen-bond donors (Lipinski definition) is 1. The van der Waals surface area contributed by atoms with Crippen LogP contribution in [0.4, 0.5) is 17.1 Å². The molecule has 1 heterocycles. The van der Waals surface area contributed by atoms with Gasteiger partial charge in [0.2, 0.25) is 0 Å². The largest absolute Gasteiger partial charge is 0.452 e. The molecule has 0 saturated carbocycles. The second-order valence-corrected chi connectivity index (χ2v) is 6.55. The molecule has 9 nitrogen and oxygen atoms in total. The van der Waals surface area contributed by atoms with E-state index in [1.54, 1.807) is 18.2 Å². The molecule has 0 bridgehead atoms. The number of hydrogen-bond acceptors (Lipinski definition) is 7. The molecule has 1 saturated heterocycles. The summed E-state index contributed by atoms with van der Waals surface area (Å²) < 4.78 is 10.4. The monoisotopic (exact) mass is 399 g/mol. The highest BCUT2D eigenvalue weighted by molar-refractivity contribution is 5.99. The zero-order chi connectivity index (χ0) is 20.8. The zero-order valence-electron chi connectivity index (χ0n) is 15.9. The van der Waals surface area contributed by atoms with Gasteiger partial charge >= 0.3 is 5.97 Å². The Hall–Kier alpha value is -3.46. The summed E-state index contributed by atoms with van der Waals surface area (Å²) in [6, 6.07) is 11.2. The summed E-state index contributed by atoms with van der Waals surface area (Å²) in [5.41, 5.74) is 1.91. The average molecular weight is 399 g/mol. The molecule has 29 heavy (non-hydrogen) atoms. The van der Waals surface area contributed by atoms with E-state index in [0.717, 1.165) is 5.56 Å². The van der Waals surface area contributed by atoms with E-state index in [9.17, 15) is 19.7 Å². The summed E-state index contributed by atoms with van der Waals surface area (Å²) in [4.78, 5) is 37.1. The van der Waals surface area contributed by atoms with Crippen molar-refractivity contribution in [3.63, 3.8) is 0 Å². The van der Waals surface area contributed by atoms with Gasteiger partial charge in [-0.3, -0.25) is 14.9 Å². The molecular formula is C20H21N3O6. The molecule has 0 unspecified atom stereocenters. The molecule has 1 fully saturated rings. The number of anilines is 2. The van der Waals surface area contributed by atoms with Crippen LogP contribution in [0.25, 0.3) is 0 Å². The fourth-order valence-electron chi connectivity index (χ4n) is 3.01. The first-order chi connectivity index (χ1) is 13.9. The van der Waals surface area contributed by atoms with Crippen LogP contribution in [0.5, 0.6) is 0 Å². The van der Waals surface area contributed by atoms with Crippen molar-refractivity contribution in [2.24, 2.45) is 0 Å². The summed E-state index contributed by atoms with van der Waals surface area (Å²) >= 11 is 0. The standard InChI is InChI=1S/C20H21N3O6/c1-14-3-2-4-15(11-14)21-19(24)13-29-20(25)17-12-16(23(26)27)5-6-18(17)22-7-9-28-10-8-22/h2-6,11-12H,7-10,13H2,1H3,(H,21,24). The van der Waals surface area contributed by atoms with Crippen LogP contribution >= 0.6 is 0 Å². The van der Waals surface area contributed by atoms with Crippen molar-refractivity contribution < 1.29 is 24.0 Å². The van der Waals surface area contributed by atoms with Crippen LogP contribution in [0, 0.1) is 17.0 Å². The van der Waals surface area contributed by atoms with E-state index in [2.05, 4.69) is 5.32 Å². The highest BCUT2D eigenvalue weighted by atomic mass is 16.6. The smallest absolute Gasteiger partial charge is 0.341 e. The number of nitrogens with zero attached hydrogens (tertiary/aromatic N) is 2. The highest BCUT2D eigenvalue weighted by Gasteiger charge is 2.23. The number of ether oxygens (including phenoxy) is 2. The lowest BCUT2D eigenvalue weighted by atomic mass is 10.1. The number of amides is 1. The number of carbonyl (C=O) groups excluding carboxylic acids is 2. The van der Waals surface area contributed by atoms with Gasteiger partial charge in [-0.2, -0.15) is 0 Å². The first kappa shape index (κ1) is 20.3. The number of morpholine rings is 1. The van der Waals surface area contributed by atoms with E-state index in [1.807, 2.05) is 17.9 Å². The zero-order valence-corrected chi connectivity index (χ0v) is 15.9. The lowest BCUT2D eigenvalue weighted by Gasteiger charge is -2.30. The molecule has 2 aromatic rings. The molecule has 3 rings (SSSR count). The van der Waals surface area contributed by atoms with Gasteiger partial charge in [0.15, 0.2) is 6.61 Å². The van der Waals surface area contributed by atoms with Crippen molar-refractivity contribution in [2.75, 3.05) is 43.1 Å². The van der Waals surface area contributed by atoms with E-state index in [1.165, 1.54) is 18.2 Å². The van der Waals surface area contributed by atoms with Gasteiger partial charge in [0.1, 0.15) is 0 Å². The lowest BCUT2D eigenvalue weighted by molar-refractivity contribution is -0.384. The van der Waals surface area contributed by atoms with Gasteiger partial charge in [-0.15, -0.1) is 0 Å². The molecule has 1 aliphatic heterocycles. The van der Waals surface area contributed by atoms with E-state index >= 15 is 0 Å². The van der Waals surface area contributed by atoms with Gasteiger partial charge in [-0.05, 0) is 30.7 Å². The van der Waals surface area contributed by atoms with Gasteiger partial charge < -0.3 is 19.7 Å². The summed E-state index contributed by atoms with van der Waals surface area (Å²) in [5, 5.41) is 13.8. The molecule has 0 spiro atoms. The minimum atomic E-state index is -0.797. The fraction of sp³-hybridized carbons (Fsp3) is 0.300. The summed E-state index contributed by atoms with van der Waals surface area (Å²) in [5.74, 6) is -1.29. The maximum atomic E-state index is 12.6. The highest BCUT2D eigenvalue weighted by Crippen LogP contribution is 2.27. The minimum Gasteiger partial charge on any atom is -0.452 e. The molecular weight excluding hydrogens is 378 g/mol. The first-order valence-electron chi connectivity index (χ1n) is 9.09. The third-order valence-corrected chi connectivity index (χ3v) is 4.40. The summed E-state index contributed by atoms with van der Waals surface area (Å²) in [6.07, 6.45) is 0. The van der Waals surface area contributed by atoms with E-state index in [0.29, 0.717) is 37.7 Å². The predicted octanol–water partition coefficient (Wildman–Crippen LogP) is 2.54. The molecule has 0 aliphatic carbocycles. The van der Waals surface area contributed by atoms with Crippen molar-refractivity contribution in [1.82, 2.24) is 0 Å². The van der Waals surface area contributed by atoms with Crippen molar-refractivity contribution >= 4 is 28.9 Å². The molecule has 9 heteroatoms. The number of benzene rings is 2. The second-order valence-electron chi connectivity index (χ2n) is 6.55. The molecule has 1 aliphatic rings. The van der Waals surface area contributed by atoms with Crippen LogP contribution in [0.15, 0.2) is 42.5 Å². The lowest BCUT2D eigenvalue weighted by Crippen LogP contribution is -2.37. The third-order valence-electron chi connectivity index (χ3n) is 4.40. The molecule has 1 amide bonds. The second kappa shape index (κ2) is 9.16. The quantitative estimate of drug-likeness (QED) is 0.451. The predicted molar refractivity (Wildman–Crippen MR) is 106 cm³/mol. The average Bonchev–Trinajstić information content (AvgIpc) is 2.72. The van der Waals surface area contributed by atoms with Crippen LogP contribution in [0.2, 0.25) is 0 Å². The first-order valence-corrected chi connectivity index (χ1v) is 9.09. The Morgan fingerprint density at radius 2 is 1.97 bits per heavy atom. The van der Waals surface area contributed by atoms with Crippen molar-refractivity contribution in [1.29, 1.82) is 0 Å². The maximum absolute atomic E-state index is 12.6. The van der Waals surface area contributed by atoms with Crippen molar-refractivity contribution in [2.45, 2.75) is 6.92 Å². The molecule has 0 radical (unpaired) electrons. The van der Waals surface area contributed by atoms with Gasteiger partial charge in [0.05, 0.1) is 29.4 Å². The Bertz CT molecular complexity index is 924. The Morgan fingerprint density at radius 1 is 1.21 bits per heavy atom. The minimum absolute atomic E-state index is 0.0458. The van der Waals surface area contributed by atoms with Crippen molar-refractivity contribution in [3.05, 3.63) is 63.7 Å². The Kier molecular flexibility index (Phi) is 6.40. The van der Waals surface area contributed by atoms with Crippen molar-refractivity contribution in [3.8, 4) is 0 Å². The number of nitro benzene ring substituents is 1. The number of rotatable bonds is 6. The SMILES string of the molecule is Cc1cccc(NC(=O)COC(=O)c2cc([N+](=O)[O-])ccc2N2CCOCC2)c1. The van der Waals surface area contributed by atoms with E-state index < -0.39 is 23.4 Å². The van der Waals surface area contributed by atoms with Crippen LogP contribution in [0.3, 0.4) is 0 Å². The Balaban J connectivity index is 1.71. The van der Waals surface area contributed by atoms with Crippen LogP contribution in [-0.2, 0) is 14.3 Å². The van der Waals surface area contributed by atoms with E-state index in [-0.39, 0.29) is 11.3 Å². The summed E-state index contributed by atoms with van der Waals surface area (Å²) in [6.45, 7) is 3.47. The number of nitrogens with one attached hydrogen (secondary N) is 1. The molecule has 0 aromatic heterocycles. The van der Waals surface area contributed by atoms with Gasteiger partial charge in [-0.25, -0.2) is 4.79 Å². The third kappa shape index (κ3) is 5.29. The Labute approximate surface area is 167 Å². The number of carbonyl (C=O) groups is 2. The number of non-ortho nitro benzene ring substituents is 1. The van der Waals surface area contributed by atoms with Crippen LogP contribution in [-0.4, -0.2) is 49.7 Å². The van der Waals surface area contributed by atoms with Gasteiger partial charge in [0.25, 0.3) is 11.6 Å². The van der Waals surface area contributed by atoms with E-state index in [4.69, 9.17) is 9.47 Å². The number of esters is 1. The molecule has 152 valence electrons. The maximum Gasteiger partial charge on any atom is 0.341 e. The normalized spacial score (nSPS) is 13.6. The van der Waals surface area contributed by atoms with Gasteiger partial charge in [-0.1, -0.05) is 12.1 Å². The topological polar surface area (TPSA) is 111 Å². The number of aryl methyl sites for hydroxylation is 1. The molecule has 1 N–H and O–H groups in total. The van der Waals surface area contributed by atoms with Gasteiger partial charge in [0, 0.05) is 30.9 Å². The fourth-order valence-corrected chi connectivity index (χ4v) is 3.01. The van der Waals surface area contributed by atoms with Crippen LogP contribution < -0.4 is 10.2 Å². The number of nitro groups is 1. The summed E-state index contributed by atoms with van der Waals surface area (Å²) in [7, 11) is 0. The molecule has 0 atom stereocenters. The molecule has 2 aromatic carbocycles. The Morgan fingerprint density at radius 3 is 2.66 bits per heavy atom. The van der Waals surface area contributed by atoms with Crippen LogP contribution in [0.1, 0.15) is 15.9 Å².